The summed E-state index contributed by atoms with van der Waals surface area (Å²) in [7, 11) is 0. The quantitative estimate of drug-likeness (QED) is 0.869. The van der Waals surface area contributed by atoms with Gasteiger partial charge in [0, 0.05) is 36.4 Å². The second-order valence-electron chi connectivity index (χ2n) is 4.94. The van der Waals surface area contributed by atoms with Gasteiger partial charge in [0.15, 0.2) is 0 Å². The van der Waals surface area contributed by atoms with Crippen LogP contribution in [0.1, 0.15) is 23.2 Å². The fourth-order valence-corrected chi connectivity index (χ4v) is 2.44. The van der Waals surface area contributed by atoms with Gasteiger partial charge in [-0.05, 0) is 25.0 Å². The van der Waals surface area contributed by atoms with Crippen LogP contribution >= 0.6 is 0 Å². The van der Waals surface area contributed by atoms with Crippen LogP contribution in [-0.4, -0.2) is 30.1 Å². The highest BCUT2D eigenvalue weighted by molar-refractivity contribution is 5.97. The number of benzene rings is 1. The van der Waals surface area contributed by atoms with Crippen molar-refractivity contribution < 1.29 is 9.53 Å². The van der Waals surface area contributed by atoms with Crippen LogP contribution in [0.3, 0.4) is 0 Å². The number of fused-ring (bicyclic) bond motifs is 1. The number of pyridine rings is 1. The summed E-state index contributed by atoms with van der Waals surface area (Å²) in [5, 5.41) is 3.44. The molecule has 0 atom stereocenters. The van der Waals surface area contributed by atoms with Crippen LogP contribution in [0, 0.1) is 0 Å². The molecule has 1 saturated heterocycles. The highest BCUT2D eigenvalue weighted by Gasteiger charge is 2.19. The first-order valence-electron chi connectivity index (χ1n) is 6.75. The van der Waals surface area contributed by atoms with Crippen LogP contribution in [0.5, 0.6) is 0 Å². The molecule has 1 aromatic heterocycles. The lowest BCUT2D eigenvalue weighted by Crippen LogP contribution is -2.40. The molecule has 104 valence electrons. The number of carbonyl (C=O) groups is 1. The standard InChI is InChI=1S/C15H16N2O3/c18-14-11-3-1-2-4-13(11)16-9-12(14)15(19)17-10-5-7-20-8-6-10/h1-4,9-10H,5-8H2,(H,16,18)(H,17,19). The molecule has 2 N–H and O–H groups in total. The number of H-pyrrole nitrogens is 1. The molecule has 1 aromatic carbocycles. The molecular weight excluding hydrogens is 256 g/mol. The molecule has 20 heavy (non-hydrogen) atoms. The molecule has 0 aliphatic carbocycles. The van der Waals surface area contributed by atoms with E-state index in [-0.39, 0.29) is 22.9 Å². The molecule has 1 aliphatic rings. The number of ether oxygens (including phenoxy) is 1. The predicted octanol–water partition coefficient (Wildman–Crippen LogP) is 1.44. The Kier molecular flexibility index (Phi) is 3.52. The smallest absolute Gasteiger partial charge is 0.256 e. The third-order valence-electron chi connectivity index (χ3n) is 3.59. The Morgan fingerprint density at radius 2 is 2.00 bits per heavy atom. The topological polar surface area (TPSA) is 71.2 Å². The van der Waals surface area contributed by atoms with E-state index in [1.165, 1.54) is 6.20 Å². The van der Waals surface area contributed by atoms with Crippen molar-refractivity contribution in [1.82, 2.24) is 10.3 Å². The van der Waals surface area contributed by atoms with Gasteiger partial charge in [-0.1, -0.05) is 12.1 Å². The molecule has 2 heterocycles. The van der Waals surface area contributed by atoms with Crippen molar-refractivity contribution >= 4 is 16.8 Å². The molecule has 0 saturated carbocycles. The Balaban J connectivity index is 1.87. The summed E-state index contributed by atoms with van der Waals surface area (Å²) in [6, 6.07) is 7.26. The van der Waals surface area contributed by atoms with Gasteiger partial charge in [-0.25, -0.2) is 0 Å². The van der Waals surface area contributed by atoms with E-state index in [2.05, 4.69) is 10.3 Å². The minimum atomic E-state index is -0.316. The Labute approximate surface area is 116 Å². The maximum atomic E-state index is 12.3. The SMILES string of the molecule is O=C(NC1CCOCC1)c1c[nH]c2ccccc2c1=O. The zero-order chi connectivity index (χ0) is 13.9. The van der Waals surface area contributed by atoms with E-state index in [4.69, 9.17) is 4.74 Å². The first-order chi connectivity index (χ1) is 9.75. The first-order valence-corrected chi connectivity index (χ1v) is 6.75. The van der Waals surface area contributed by atoms with Crippen LogP contribution in [0.4, 0.5) is 0 Å². The molecule has 0 spiro atoms. The number of aromatic amines is 1. The van der Waals surface area contributed by atoms with Gasteiger partial charge in [0.25, 0.3) is 5.91 Å². The molecule has 0 unspecified atom stereocenters. The van der Waals surface area contributed by atoms with E-state index >= 15 is 0 Å². The Morgan fingerprint density at radius 3 is 2.80 bits per heavy atom. The van der Waals surface area contributed by atoms with Crippen LogP contribution in [-0.2, 0) is 4.74 Å². The molecular formula is C15H16N2O3. The number of aromatic nitrogens is 1. The van der Waals surface area contributed by atoms with Gasteiger partial charge in [0.1, 0.15) is 5.56 Å². The largest absolute Gasteiger partial charge is 0.381 e. The zero-order valence-electron chi connectivity index (χ0n) is 11.0. The second-order valence-corrected chi connectivity index (χ2v) is 4.94. The predicted molar refractivity (Wildman–Crippen MR) is 75.9 cm³/mol. The molecule has 1 fully saturated rings. The minimum Gasteiger partial charge on any atom is -0.381 e. The van der Waals surface area contributed by atoms with Crippen molar-refractivity contribution in [2.24, 2.45) is 0 Å². The number of rotatable bonds is 2. The van der Waals surface area contributed by atoms with E-state index in [1.54, 1.807) is 12.1 Å². The average Bonchev–Trinajstić information content (AvgIpc) is 2.49. The number of para-hydroxylation sites is 1. The third kappa shape index (κ3) is 2.44. The van der Waals surface area contributed by atoms with E-state index in [0.717, 1.165) is 18.4 Å². The van der Waals surface area contributed by atoms with E-state index in [0.29, 0.717) is 18.6 Å². The Bertz CT molecular complexity index is 687. The molecule has 0 radical (unpaired) electrons. The maximum absolute atomic E-state index is 12.3. The molecule has 3 rings (SSSR count). The molecule has 5 heteroatoms. The van der Waals surface area contributed by atoms with Crippen LogP contribution in [0.15, 0.2) is 35.3 Å². The summed E-state index contributed by atoms with van der Waals surface area (Å²) in [6.07, 6.45) is 3.06. The van der Waals surface area contributed by atoms with Crippen LogP contribution in [0.2, 0.25) is 0 Å². The maximum Gasteiger partial charge on any atom is 0.256 e. The Hall–Kier alpha value is -2.14. The molecule has 5 nitrogen and oxygen atoms in total. The van der Waals surface area contributed by atoms with Crippen molar-refractivity contribution in [3.8, 4) is 0 Å². The zero-order valence-corrected chi connectivity index (χ0v) is 11.0. The lowest BCUT2D eigenvalue weighted by atomic mass is 10.1. The van der Waals surface area contributed by atoms with Gasteiger partial charge in [0.05, 0.1) is 0 Å². The first kappa shape index (κ1) is 12.9. The van der Waals surface area contributed by atoms with E-state index in [9.17, 15) is 9.59 Å². The van der Waals surface area contributed by atoms with Crippen molar-refractivity contribution in [1.29, 1.82) is 0 Å². The summed E-state index contributed by atoms with van der Waals surface area (Å²) in [4.78, 5) is 27.5. The van der Waals surface area contributed by atoms with Crippen LogP contribution < -0.4 is 10.7 Å². The number of carbonyl (C=O) groups excluding carboxylic acids is 1. The third-order valence-corrected chi connectivity index (χ3v) is 3.59. The number of nitrogens with one attached hydrogen (secondary N) is 2. The summed E-state index contributed by atoms with van der Waals surface area (Å²) >= 11 is 0. The van der Waals surface area contributed by atoms with E-state index < -0.39 is 0 Å². The monoisotopic (exact) mass is 272 g/mol. The van der Waals surface area contributed by atoms with Crippen molar-refractivity contribution in [2.45, 2.75) is 18.9 Å². The molecule has 2 aromatic rings. The Morgan fingerprint density at radius 1 is 1.25 bits per heavy atom. The van der Waals surface area contributed by atoms with Gasteiger partial charge in [-0.15, -0.1) is 0 Å². The van der Waals surface area contributed by atoms with Gasteiger partial charge >= 0.3 is 0 Å². The fraction of sp³-hybridized carbons (Fsp3) is 0.333. The van der Waals surface area contributed by atoms with Gasteiger partial charge < -0.3 is 15.0 Å². The van der Waals surface area contributed by atoms with Crippen molar-refractivity contribution in [3.63, 3.8) is 0 Å². The average molecular weight is 272 g/mol. The van der Waals surface area contributed by atoms with E-state index in [1.807, 2.05) is 12.1 Å². The van der Waals surface area contributed by atoms with Crippen LogP contribution in [0.25, 0.3) is 10.9 Å². The number of hydrogen-bond donors (Lipinski definition) is 2. The highest BCUT2D eigenvalue weighted by Crippen LogP contribution is 2.09. The van der Waals surface area contributed by atoms with Gasteiger partial charge in [-0.3, -0.25) is 9.59 Å². The van der Waals surface area contributed by atoms with Gasteiger partial charge in [-0.2, -0.15) is 0 Å². The van der Waals surface area contributed by atoms with Crippen molar-refractivity contribution in [2.75, 3.05) is 13.2 Å². The number of amides is 1. The summed E-state index contributed by atoms with van der Waals surface area (Å²) in [5.74, 6) is -0.316. The summed E-state index contributed by atoms with van der Waals surface area (Å²) in [6.45, 7) is 1.30. The lowest BCUT2D eigenvalue weighted by molar-refractivity contribution is 0.0696. The number of hydrogen-bond acceptors (Lipinski definition) is 3. The lowest BCUT2D eigenvalue weighted by Gasteiger charge is -2.22. The summed E-state index contributed by atoms with van der Waals surface area (Å²) in [5.41, 5.74) is 0.666. The summed E-state index contributed by atoms with van der Waals surface area (Å²) < 4.78 is 5.25. The minimum absolute atomic E-state index is 0.0853. The van der Waals surface area contributed by atoms with Gasteiger partial charge in [0.2, 0.25) is 5.43 Å². The normalized spacial score (nSPS) is 16.2. The molecule has 1 aliphatic heterocycles. The molecule has 0 bridgehead atoms. The fourth-order valence-electron chi connectivity index (χ4n) is 2.44. The highest BCUT2D eigenvalue weighted by atomic mass is 16.5. The second kappa shape index (κ2) is 5.46. The van der Waals surface area contributed by atoms with Crippen molar-refractivity contribution in [3.05, 3.63) is 46.2 Å². The molecule has 1 amide bonds.